The molecule has 2 heterocycles. The van der Waals surface area contributed by atoms with E-state index in [1.54, 1.807) is 6.92 Å². The van der Waals surface area contributed by atoms with Crippen molar-refractivity contribution in [1.82, 2.24) is 9.97 Å². The number of aromatic nitrogens is 2. The second-order valence-corrected chi connectivity index (χ2v) is 6.60. The predicted octanol–water partition coefficient (Wildman–Crippen LogP) is 3.70. The van der Waals surface area contributed by atoms with Crippen LogP contribution in [-0.4, -0.2) is 62.7 Å². The Kier molecular flexibility index (Phi) is 12.8. The summed E-state index contributed by atoms with van der Waals surface area (Å²) in [6.07, 6.45) is 4.21. The first-order chi connectivity index (χ1) is 15.3. The molecule has 0 aliphatic carbocycles. The van der Waals surface area contributed by atoms with E-state index in [0.29, 0.717) is 33.5 Å². The van der Waals surface area contributed by atoms with Gasteiger partial charge in [-0.3, -0.25) is 9.97 Å². The van der Waals surface area contributed by atoms with E-state index in [0.717, 1.165) is 0 Å². The molecule has 0 spiro atoms. The van der Waals surface area contributed by atoms with Crippen LogP contribution in [0.2, 0.25) is 10.0 Å². The van der Waals surface area contributed by atoms with Gasteiger partial charge in [-0.1, -0.05) is 23.2 Å². The number of pyridine rings is 2. The number of halogens is 2. The lowest BCUT2D eigenvalue weighted by Crippen LogP contribution is -2.16. The normalized spacial score (nSPS) is 10.7. The smallest absolute Gasteiger partial charge is 0.344 e. The molecule has 2 aromatic heterocycles. The number of nitrogens with zero attached hydrogens (tertiary/aromatic N) is 2. The van der Waals surface area contributed by atoms with Gasteiger partial charge in [0.15, 0.2) is 19.2 Å². The van der Waals surface area contributed by atoms with Gasteiger partial charge >= 0.3 is 5.97 Å². The van der Waals surface area contributed by atoms with Crippen molar-refractivity contribution >= 4 is 29.2 Å². The largest absolute Gasteiger partial charge is 0.506 e. The minimum Gasteiger partial charge on any atom is -0.506 e. The van der Waals surface area contributed by atoms with E-state index < -0.39 is 18.5 Å². The number of hydrogen-bond donors (Lipinski definition) is 1. The molecule has 1 N–H and O–H groups in total. The van der Waals surface area contributed by atoms with Crippen molar-refractivity contribution in [3.05, 3.63) is 46.0 Å². The van der Waals surface area contributed by atoms with E-state index in [1.807, 2.05) is 0 Å². The quantitative estimate of drug-likeness (QED) is 0.388. The topological polar surface area (TPSA) is 118 Å². The molecule has 12 heteroatoms. The number of carbonyl (C=O) groups is 1. The monoisotopic (exact) mass is 492 g/mol. The van der Waals surface area contributed by atoms with Crippen molar-refractivity contribution in [2.24, 2.45) is 0 Å². The molecular weight excluding hydrogens is 467 g/mol. The van der Waals surface area contributed by atoms with Crippen LogP contribution in [0.3, 0.4) is 0 Å². The molecule has 0 amide bonds. The summed E-state index contributed by atoms with van der Waals surface area (Å²) in [4.78, 5) is 18.9. The van der Waals surface area contributed by atoms with E-state index in [9.17, 15) is 9.90 Å². The third kappa shape index (κ3) is 8.05. The number of rotatable bonds is 10. The molecule has 0 atom stereocenters. The van der Waals surface area contributed by atoms with Gasteiger partial charge in [0.25, 0.3) is 0 Å². The molecule has 32 heavy (non-hydrogen) atoms. The van der Waals surface area contributed by atoms with Crippen LogP contribution in [0.25, 0.3) is 0 Å². The molecule has 10 nitrogen and oxygen atoms in total. The molecule has 0 aromatic carbocycles. The van der Waals surface area contributed by atoms with Crippen molar-refractivity contribution in [2.75, 3.05) is 41.7 Å². The van der Waals surface area contributed by atoms with E-state index >= 15 is 0 Å². The Hall–Kier alpha value is -2.21. The molecule has 0 saturated heterocycles. The van der Waals surface area contributed by atoms with Crippen LogP contribution < -0.4 is 4.74 Å². The fraction of sp³-hybridized carbons (Fsp3) is 0.450. The van der Waals surface area contributed by atoms with E-state index in [-0.39, 0.29) is 12.4 Å². The van der Waals surface area contributed by atoms with Crippen LogP contribution in [0, 0.1) is 0 Å². The highest BCUT2D eigenvalue weighted by molar-refractivity contribution is 6.31. The summed E-state index contributed by atoms with van der Waals surface area (Å²) >= 11 is 11.8. The summed E-state index contributed by atoms with van der Waals surface area (Å²) in [7, 11) is 5.87. The van der Waals surface area contributed by atoms with E-state index in [4.69, 9.17) is 51.6 Å². The van der Waals surface area contributed by atoms with Crippen LogP contribution in [0.4, 0.5) is 0 Å². The van der Waals surface area contributed by atoms with Gasteiger partial charge in [-0.25, -0.2) is 4.79 Å². The third-order valence-corrected chi connectivity index (χ3v) is 4.40. The fourth-order valence-corrected chi connectivity index (χ4v) is 2.92. The molecule has 178 valence electrons. The van der Waals surface area contributed by atoms with Crippen LogP contribution in [-0.2, 0) is 28.5 Å². The molecule has 0 aliphatic heterocycles. The molecule has 0 fully saturated rings. The molecule has 2 aromatic rings. The number of hydrogen-bond acceptors (Lipinski definition) is 10. The molecular formula is C20H26Cl2N2O8. The Morgan fingerprint density at radius 1 is 0.906 bits per heavy atom. The first-order valence-corrected chi connectivity index (χ1v) is 9.95. The highest BCUT2D eigenvalue weighted by atomic mass is 35.5. The Labute approximate surface area is 196 Å². The third-order valence-electron chi connectivity index (χ3n) is 3.80. The summed E-state index contributed by atoms with van der Waals surface area (Å²) in [6.45, 7) is 1.78. The predicted molar refractivity (Wildman–Crippen MR) is 116 cm³/mol. The van der Waals surface area contributed by atoms with Gasteiger partial charge in [-0.15, -0.1) is 0 Å². The Morgan fingerprint density at radius 3 is 1.91 bits per heavy atom. The van der Waals surface area contributed by atoms with Gasteiger partial charge < -0.3 is 33.5 Å². The van der Waals surface area contributed by atoms with Gasteiger partial charge in [0.2, 0.25) is 0 Å². The van der Waals surface area contributed by atoms with Gasteiger partial charge in [-0.05, 0) is 6.92 Å². The first kappa shape index (κ1) is 27.8. The Balaban J connectivity index is 0.000000343. The number of aromatic hydroxyl groups is 1. The van der Waals surface area contributed by atoms with Crippen molar-refractivity contribution < 1.29 is 38.3 Å². The lowest BCUT2D eigenvalue weighted by Gasteiger charge is -2.18. The van der Waals surface area contributed by atoms with Crippen molar-refractivity contribution in [2.45, 2.75) is 19.5 Å². The summed E-state index contributed by atoms with van der Waals surface area (Å²) in [5.41, 5.74) is 0.868. The second-order valence-electron chi connectivity index (χ2n) is 5.79. The molecule has 0 radical (unpaired) electrons. The SMILES string of the molecule is CCOC(=O)COc1cncc(Cl)c1C(OC)OC.COC(OC)c1c(O)cncc1Cl. The summed E-state index contributed by atoms with van der Waals surface area (Å²) in [5.74, 6) is -0.199. The molecule has 0 unspecified atom stereocenters. The summed E-state index contributed by atoms with van der Waals surface area (Å²) in [5, 5.41) is 10.1. The van der Waals surface area contributed by atoms with Crippen molar-refractivity contribution in [1.29, 1.82) is 0 Å². The first-order valence-electron chi connectivity index (χ1n) is 9.19. The van der Waals surface area contributed by atoms with E-state index in [1.165, 1.54) is 53.2 Å². The van der Waals surface area contributed by atoms with Crippen molar-refractivity contribution in [3.63, 3.8) is 0 Å². The number of ether oxygens (including phenoxy) is 6. The zero-order valence-corrected chi connectivity index (χ0v) is 19.8. The summed E-state index contributed by atoms with van der Waals surface area (Å²) < 4.78 is 30.3. The highest BCUT2D eigenvalue weighted by Crippen LogP contribution is 2.33. The maximum Gasteiger partial charge on any atom is 0.344 e. The molecule has 0 saturated carbocycles. The average molecular weight is 493 g/mol. The standard InChI is InChI=1S/C12H16ClNO5.C8H10ClNO3/c1-4-18-10(15)7-19-9-6-14-5-8(13)11(9)12(16-2)17-3;1-12-8(13-2)7-5(9)3-10-4-6(7)11/h5-6,12H,4,7H2,1-3H3;3-4,8,11H,1-2H3. The Morgan fingerprint density at radius 2 is 1.41 bits per heavy atom. The van der Waals surface area contributed by atoms with Crippen LogP contribution in [0.1, 0.15) is 30.6 Å². The van der Waals surface area contributed by atoms with Crippen LogP contribution >= 0.6 is 23.2 Å². The second kappa shape index (κ2) is 14.8. The number of esters is 1. The molecule has 0 bridgehead atoms. The van der Waals surface area contributed by atoms with Gasteiger partial charge in [0.05, 0.1) is 40.2 Å². The van der Waals surface area contributed by atoms with Crippen molar-refractivity contribution in [3.8, 4) is 11.5 Å². The zero-order chi connectivity index (χ0) is 24.1. The maximum atomic E-state index is 11.3. The number of carbonyl (C=O) groups excluding carboxylic acids is 1. The molecule has 0 aliphatic rings. The minimum absolute atomic E-state index is 0.0406. The van der Waals surface area contributed by atoms with Gasteiger partial charge in [0.1, 0.15) is 11.5 Å². The van der Waals surface area contributed by atoms with E-state index in [2.05, 4.69) is 9.97 Å². The van der Waals surface area contributed by atoms with Gasteiger partial charge in [-0.2, -0.15) is 0 Å². The Bertz CT molecular complexity index is 828. The maximum absolute atomic E-state index is 11.3. The summed E-state index contributed by atoms with van der Waals surface area (Å²) in [6, 6.07) is 0. The van der Waals surface area contributed by atoms with Gasteiger partial charge in [0, 0.05) is 40.8 Å². The average Bonchev–Trinajstić information content (AvgIpc) is 2.78. The highest BCUT2D eigenvalue weighted by Gasteiger charge is 2.20. The lowest BCUT2D eigenvalue weighted by molar-refractivity contribution is -0.145. The van der Waals surface area contributed by atoms with Crippen LogP contribution in [0.5, 0.6) is 11.5 Å². The lowest BCUT2D eigenvalue weighted by atomic mass is 10.2. The molecule has 2 rings (SSSR count). The number of methoxy groups -OCH3 is 4. The minimum atomic E-state index is -0.701. The van der Waals surface area contributed by atoms with Crippen LogP contribution in [0.15, 0.2) is 24.8 Å². The fourth-order valence-electron chi connectivity index (χ4n) is 2.44. The zero-order valence-electron chi connectivity index (χ0n) is 18.3.